The van der Waals surface area contributed by atoms with Crippen molar-refractivity contribution >= 4 is 39.3 Å². The summed E-state index contributed by atoms with van der Waals surface area (Å²) in [5, 5.41) is 14.5. The number of para-hydroxylation sites is 2. The molecule has 182 valence electrons. The molecule has 2 aromatic heterocycles. The topological polar surface area (TPSA) is 92.4 Å². The maximum atomic E-state index is 12.6. The summed E-state index contributed by atoms with van der Waals surface area (Å²) < 4.78 is 5.48. The number of carboxylic acid groups (broad SMARTS) is 1. The van der Waals surface area contributed by atoms with Crippen LogP contribution in [0.1, 0.15) is 66.3 Å². The molecule has 2 N–H and O–H groups in total. The van der Waals surface area contributed by atoms with Crippen LogP contribution in [0.5, 0.6) is 0 Å². The molecule has 0 fully saturated rings. The highest BCUT2D eigenvalue weighted by Gasteiger charge is 2.24. The van der Waals surface area contributed by atoms with Crippen LogP contribution in [0.25, 0.3) is 22.2 Å². The lowest BCUT2D eigenvalue weighted by Gasteiger charge is -2.06. The van der Waals surface area contributed by atoms with Gasteiger partial charge in [-0.25, -0.2) is 9.78 Å². The second-order valence-corrected chi connectivity index (χ2v) is 8.48. The van der Waals surface area contributed by atoms with E-state index in [1.165, 1.54) is 22.5 Å². The molecule has 0 unspecified atom stereocenters. The molecule has 5 rings (SSSR count). The van der Waals surface area contributed by atoms with Gasteiger partial charge in [0.05, 0.1) is 0 Å². The first-order valence-electron chi connectivity index (χ1n) is 11.7. The zero-order valence-electron chi connectivity index (χ0n) is 20.4. The number of nitrogens with zero attached hydrogens (tertiary/aromatic N) is 1. The van der Waals surface area contributed by atoms with Crippen LogP contribution in [0.3, 0.4) is 0 Å². The molecule has 2 aromatic carbocycles. The Morgan fingerprint density at radius 1 is 1.06 bits per heavy atom. The molecule has 0 bridgehead atoms. The van der Waals surface area contributed by atoms with E-state index in [9.17, 15) is 14.7 Å². The average Bonchev–Trinajstić information content (AvgIpc) is 3.62. The van der Waals surface area contributed by atoms with Crippen molar-refractivity contribution in [2.24, 2.45) is 0 Å². The van der Waals surface area contributed by atoms with Gasteiger partial charge < -0.3 is 14.8 Å². The third kappa shape index (κ3) is 5.87. The van der Waals surface area contributed by atoms with Gasteiger partial charge in [0.25, 0.3) is 5.89 Å². The van der Waals surface area contributed by atoms with Crippen molar-refractivity contribution in [2.75, 3.05) is 5.32 Å². The number of rotatable bonds is 4. The Labute approximate surface area is 209 Å². The quantitative estimate of drug-likeness (QED) is 0.287. The Bertz CT molecular complexity index is 1310. The minimum absolute atomic E-state index is 0.0809. The van der Waals surface area contributed by atoms with Crippen molar-refractivity contribution < 1.29 is 19.1 Å². The smallest absolute Gasteiger partial charge is 0.339 e. The zero-order valence-corrected chi connectivity index (χ0v) is 21.2. The average molecular weight is 491 g/mol. The van der Waals surface area contributed by atoms with Crippen LogP contribution in [0.2, 0.25) is 0 Å². The summed E-state index contributed by atoms with van der Waals surface area (Å²) in [4.78, 5) is 28.8. The monoisotopic (exact) mass is 490 g/mol. The van der Waals surface area contributed by atoms with E-state index in [0.717, 1.165) is 24.8 Å². The number of carbonyl (C=O) groups excluding carboxylic acids is 1. The first kappa shape index (κ1) is 25.9. The van der Waals surface area contributed by atoms with E-state index < -0.39 is 11.9 Å². The lowest BCUT2D eigenvalue weighted by Crippen LogP contribution is -2.13. The van der Waals surface area contributed by atoms with Crippen molar-refractivity contribution in [3.05, 3.63) is 82.6 Å². The highest BCUT2D eigenvalue weighted by Crippen LogP contribution is 2.37. The summed E-state index contributed by atoms with van der Waals surface area (Å²) in [6, 6.07) is 13.1. The van der Waals surface area contributed by atoms with Crippen LogP contribution in [0, 0.1) is 0 Å². The van der Waals surface area contributed by atoms with Crippen LogP contribution >= 0.6 is 11.3 Å². The third-order valence-electron chi connectivity index (χ3n) is 5.46. The van der Waals surface area contributed by atoms with Gasteiger partial charge in [0.1, 0.15) is 16.1 Å². The number of amides is 1. The molecule has 1 aliphatic rings. The highest BCUT2D eigenvalue weighted by atomic mass is 32.1. The van der Waals surface area contributed by atoms with Crippen molar-refractivity contribution in [3.63, 3.8) is 0 Å². The van der Waals surface area contributed by atoms with Crippen LogP contribution in [0.4, 0.5) is 5.00 Å². The van der Waals surface area contributed by atoms with Gasteiger partial charge >= 0.3 is 11.9 Å². The van der Waals surface area contributed by atoms with E-state index in [0.29, 0.717) is 16.7 Å². The molecule has 1 aliphatic carbocycles. The van der Waals surface area contributed by atoms with Gasteiger partial charge in [-0.15, -0.1) is 11.3 Å². The Kier molecular flexibility index (Phi) is 8.98. The number of thiophene rings is 1. The Morgan fingerprint density at radius 3 is 2.46 bits per heavy atom. The van der Waals surface area contributed by atoms with Crippen LogP contribution < -0.4 is 5.32 Å². The van der Waals surface area contributed by atoms with E-state index in [-0.39, 0.29) is 16.5 Å². The summed E-state index contributed by atoms with van der Waals surface area (Å²) in [6.07, 6.45) is 7.20. The van der Waals surface area contributed by atoms with Gasteiger partial charge in [0, 0.05) is 10.9 Å². The van der Waals surface area contributed by atoms with Gasteiger partial charge in [0.15, 0.2) is 5.58 Å². The molecule has 4 aromatic rings. The Balaban J connectivity index is 0.000000521. The maximum Gasteiger partial charge on any atom is 0.339 e. The van der Waals surface area contributed by atoms with E-state index >= 15 is 0 Å². The van der Waals surface area contributed by atoms with Crippen molar-refractivity contribution in [1.29, 1.82) is 0 Å². The molecular formula is C28H30N2O4S. The van der Waals surface area contributed by atoms with Crippen LogP contribution in [-0.4, -0.2) is 22.0 Å². The van der Waals surface area contributed by atoms with Gasteiger partial charge in [-0.2, -0.15) is 0 Å². The number of anilines is 1. The summed E-state index contributed by atoms with van der Waals surface area (Å²) in [6.45, 7) is 8.00. The maximum absolute atomic E-state index is 12.6. The SMILES string of the molecule is C/C=C/C.CC.O=C(Nc1scc(-c2ccc3c(c2)CCC3)c1C(=O)O)c1nc2ccccc2o1. The fourth-order valence-corrected chi connectivity index (χ4v) is 4.70. The molecule has 0 saturated carbocycles. The largest absolute Gasteiger partial charge is 0.478 e. The van der Waals surface area contributed by atoms with E-state index in [2.05, 4.69) is 22.4 Å². The number of aromatic carboxylic acids is 1. The second kappa shape index (κ2) is 12.1. The fraction of sp³-hybridized carbons (Fsp3) is 0.250. The minimum atomic E-state index is -1.09. The molecule has 0 aliphatic heterocycles. The van der Waals surface area contributed by atoms with E-state index in [1.807, 2.05) is 45.9 Å². The Hall–Kier alpha value is -3.71. The third-order valence-corrected chi connectivity index (χ3v) is 6.36. The minimum Gasteiger partial charge on any atom is -0.478 e. The van der Waals surface area contributed by atoms with Crippen molar-refractivity contribution in [3.8, 4) is 11.1 Å². The molecule has 7 heteroatoms. The molecule has 1 amide bonds. The number of oxazole rings is 1. The lowest BCUT2D eigenvalue weighted by molar-refractivity contribution is 0.0699. The van der Waals surface area contributed by atoms with Crippen molar-refractivity contribution in [2.45, 2.75) is 47.0 Å². The number of benzene rings is 2. The summed E-state index contributed by atoms with van der Waals surface area (Å²) in [5.74, 6) is -1.77. The molecule has 35 heavy (non-hydrogen) atoms. The van der Waals surface area contributed by atoms with Crippen LogP contribution in [0.15, 0.2) is 64.4 Å². The number of carbonyl (C=O) groups is 2. The summed E-state index contributed by atoms with van der Waals surface area (Å²) in [7, 11) is 0. The molecule has 0 spiro atoms. The predicted molar refractivity (Wildman–Crippen MR) is 143 cm³/mol. The molecule has 0 saturated heterocycles. The zero-order chi connectivity index (χ0) is 25.4. The number of allylic oxidation sites excluding steroid dienone is 2. The number of aryl methyl sites for hydroxylation is 2. The van der Waals surface area contributed by atoms with E-state index in [1.54, 1.807) is 29.6 Å². The number of fused-ring (bicyclic) bond motifs is 2. The van der Waals surface area contributed by atoms with E-state index in [4.69, 9.17) is 4.42 Å². The lowest BCUT2D eigenvalue weighted by atomic mass is 9.99. The number of nitrogens with one attached hydrogen (secondary N) is 1. The van der Waals surface area contributed by atoms with Gasteiger partial charge in [-0.1, -0.05) is 56.3 Å². The predicted octanol–water partition coefficient (Wildman–Crippen LogP) is 7.60. The first-order valence-corrected chi connectivity index (χ1v) is 12.6. The molecule has 6 nitrogen and oxygen atoms in total. The number of hydrogen-bond acceptors (Lipinski definition) is 5. The molecule has 0 atom stereocenters. The summed E-state index contributed by atoms with van der Waals surface area (Å²) >= 11 is 1.18. The normalized spacial score (nSPS) is 11.9. The van der Waals surface area contributed by atoms with Gasteiger partial charge in [-0.3, -0.25) is 4.79 Å². The van der Waals surface area contributed by atoms with Crippen LogP contribution in [-0.2, 0) is 12.8 Å². The first-order chi connectivity index (χ1) is 17.0. The van der Waals surface area contributed by atoms with Gasteiger partial charge in [-0.05, 0) is 61.9 Å². The fourth-order valence-electron chi connectivity index (χ4n) is 3.74. The Morgan fingerprint density at radius 2 is 1.77 bits per heavy atom. The standard InChI is InChI=1S/C22H16N2O4S.C4H8.C2H6/c25-19(20-23-16-6-1-2-7-17(16)28-20)24-21-18(22(26)27)15(11-29-21)14-9-8-12-4-3-5-13(12)10-14;1-3-4-2;1-2/h1-2,6-11H,3-5H2,(H,24,25)(H,26,27);3-4H,1-2H3;1-2H3/b;4-3+;. The molecule has 0 radical (unpaired) electrons. The molecular weight excluding hydrogens is 460 g/mol. The highest BCUT2D eigenvalue weighted by molar-refractivity contribution is 7.15. The second-order valence-electron chi connectivity index (χ2n) is 7.60. The number of hydrogen-bond donors (Lipinski definition) is 2. The van der Waals surface area contributed by atoms with Crippen molar-refractivity contribution in [1.82, 2.24) is 4.98 Å². The number of aromatic nitrogens is 1. The van der Waals surface area contributed by atoms with Gasteiger partial charge in [0.2, 0.25) is 0 Å². The molecule has 2 heterocycles. The summed E-state index contributed by atoms with van der Waals surface area (Å²) in [5.41, 5.74) is 5.19. The number of carboxylic acids is 1.